The maximum atomic E-state index is 5.92. The molecule has 2 heterocycles. The molecule has 5 nitrogen and oxygen atoms in total. The lowest BCUT2D eigenvalue weighted by Gasteiger charge is -2.31. The molecular weight excluding hydrogens is 230 g/mol. The van der Waals surface area contributed by atoms with E-state index in [4.69, 9.17) is 9.47 Å². The van der Waals surface area contributed by atoms with Gasteiger partial charge in [0.25, 0.3) is 0 Å². The van der Waals surface area contributed by atoms with Crippen molar-refractivity contribution in [3.63, 3.8) is 0 Å². The van der Waals surface area contributed by atoms with Gasteiger partial charge in [0, 0.05) is 51.5 Å². The first kappa shape index (κ1) is 13.5. The Morgan fingerprint density at radius 2 is 2.50 bits per heavy atom. The Hall–Kier alpha value is -0.910. The van der Waals surface area contributed by atoms with Crippen molar-refractivity contribution in [3.8, 4) is 0 Å². The maximum Gasteiger partial charge on any atom is 0.0895 e. The van der Waals surface area contributed by atoms with Crippen LogP contribution in [0.4, 0.5) is 0 Å². The number of rotatable bonds is 6. The Kier molecular flexibility index (Phi) is 5.16. The summed E-state index contributed by atoms with van der Waals surface area (Å²) in [5.41, 5.74) is 1.19. The Morgan fingerprint density at radius 1 is 1.61 bits per heavy atom. The van der Waals surface area contributed by atoms with Crippen LogP contribution in [0.2, 0.25) is 0 Å². The van der Waals surface area contributed by atoms with Gasteiger partial charge in [-0.25, -0.2) is 0 Å². The summed E-state index contributed by atoms with van der Waals surface area (Å²) in [6, 6.07) is 0. The Labute approximate surface area is 108 Å². The minimum absolute atomic E-state index is 0.183. The van der Waals surface area contributed by atoms with Crippen LogP contribution in [0, 0.1) is 5.92 Å². The molecule has 18 heavy (non-hydrogen) atoms. The van der Waals surface area contributed by atoms with Gasteiger partial charge in [0.05, 0.1) is 18.9 Å². The van der Waals surface area contributed by atoms with Crippen LogP contribution in [0.15, 0.2) is 12.4 Å². The van der Waals surface area contributed by atoms with Gasteiger partial charge in [-0.15, -0.1) is 0 Å². The highest BCUT2D eigenvalue weighted by Gasteiger charge is 2.27. The lowest BCUT2D eigenvalue weighted by molar-refractivity contribution is -0.0280. The lowest BCUT2D eigenvalue weighted by atomic mass is 9.91. The van der Waals surface area contributed by atoms with E-state index in [0.717, 1.165) is 32.7 Å². The van der Waals surface area contributed by atoms with Crippen LogP contribution in [0.1, 0.15) is 24.5 Å². The number of aryl methyl sites for hydroxylation is 1. The number of methoxy groups -OCH3 is 1. The Bertz CT molecular complexity index is 354. The second-order valence-corrected chi connectivity index (χ2v) is 4.84. The molecule has 2 rings (SSSR count). The Balaban J connectivity index is 1.89. The Morgan fingerprint density at radius 3 is 3.22 bits per heavy atom. The topological polar surface area (TPSA) is 48.3 Å². The van der Waals surface area contributed by atoms with Gasteiger partial charge in [-0.3, -0.25) is 4.68 Å². The van der Waals surface area contributed by atoms with Gasteiger partial charge in [0.15, 0.2) is 0 Å². The molecule has 0 saturated carbocycles. The molecule has 0 aromatic carbocycles. The predicted molar refractivity (Wildman–Crippen MR) is 69.4 cm³/mol. The zero-order valence-corrected chi connectivity index (χ0v) is 11.3. The summed E-state index contributed by atoms with van der Waals surface area (Å²) in [7, 11) is 3.67. The van der Waals surface area contributed by atoms with Crippen molar-refractivity contribution in [3.05, 3.63) is 18.0 Å². The maximum absolute atomic E-state index is 5.92. The van der Waals surface area contributed by atoms with Gasteiger partial charge >= 0.3 is 0 Å². The average molecular weight is 253 g/mol. The monoisotopic (exact) mass is 253 g/mol. The second-order valence-electron chi connectivity index (χ2n) is 4.84. The van der Waals surface area contributed by atoms with E-state index >= 15 is 0 Å². The molecule has 102 valence electrons. The zero-order valence-electron chi connectivity index (χ0n) is 11.3. The molecule has 1 aromatic heterocycles. The van der Waals surface area contributed by atoms with E-state index in [1.54, 1.807) is 7.11 Å². The first-order valence-corrected chi connectivity index (χ1v) is 6.61. The molecule has 1 aromatic rings. The van der Waals surface area contributed by atoms with Crippen LogP contribution in [0.3, 0.4) is 0 Å². The van der Waals surface area contributed by atoms with Crippen LogP contribution in [-0.4, -0.2) is 43.2 Å². The normalized spacial score (nSPS) is 24.3. The first-order chi connectivity index (χ1) is 8.81. The molecule has 2 unspecified atom stereocenters. The van der Waals surface area contributed by atoms with E-state index in [1.165, 1.54) is 12.0 Å². The summed E-state index contributed by atoms with van der Waals surface area (Å²) in [6.45, 7) is 3.48. The first-order valence-electron chi connectivity index (χ1n) is 6.61. The molecule has 0 radical (unpaired) electrons. The molecule has 0 aliphatic carbocycles. The summed E-state index contributed by atoms with van der Waals surface area (Å²) < 4.78 is 12.8. The van der Waals surface area contributed by atoms with E-state index in [-0.39, 0.29) is 6.10 Å². The van der Waals surface area contributed by atoms with E-state index in [0.29, 0.717) is 5.92 Å². The van der Waals surface area contributed by atoms with Crippen LogP contribution in [-0.2, 0) is 16.5 Å². The fraction of sp³-hybridized carbons (Fsp3) is 0.769. The number of aromatic nitrogens is 2. The lowest BCUT2D eigenvalue weighted by Crippen LogP contribution is -2.33. The molecular formula is C13H23N3O2. The van der Waals surface area contributed by atoms with Gasteiger partial charge in [-0.1, -0.05) is 0 Å². The molecule has 1 aliphatic rings. The molecule has 1 N–H and O–H groups in total. The number of ether oxygens (including phenoxy) is 2. The van der Waals surface area contributed by atoms with Crippen molar-refractivity contribution < 1.29 is 9.47 Å². The van der Waals surface area contributed by atoms with Crippen molar-refractivity contribution in [2.45, 2.75) is 18.9 Å². The fourth-order valence-corrected chi connectivity index (χ4v) is 2.47. The predicted octanol–water partition coefficient (Wildman–Crippen LogP) is 1.12. The molecule has 0 spiro atoms. The quantitative estimate of drug-likeness (QED) is 0.772. The van der Waals surface area contributed by atoms with Crippen molar-refractivity contribution in [1.29, 1.82) is 0 Å². The van der Waals surface area contributed by atoms with E-state index in [2.05, 4.69) is 16.6 Å². The number of hydrogen-bond acceptors (Lipinski definition) is 4. The second kappa shape index (κ2) is 6.87. The van der Waals surface area contributed by atoms with Gasteiger partial charge in [0.2, 0.25) is 0 Å². The van der Waals surface area contributed by atoms with E-state index in [9.17, 15) is 0 Å². The van der Waals surface area contributed by atoms with Gasteiger partial charge in [0.1, 0.15) is 0 Å². The highest BCUT2D eigenvalue weighted by atomic mass is 16.5. The fourth-order valence-electron chi connectivity index (χ4n) is 2.47. The third-order valence-electron chi connectivity index (χ3n) is 3.39. The summed E-state index contributed by atoms with van der Waals surface area (Å²) in [5, 5.41) is 7.66. The van der Waals surface area contributed by atoms with Crippen LogP contribution >= 0.6 is 0 Å². The highest BCUT2D eigenvalue weighted by molar-refractivity contribution is 5.10. The summed E-state index contributed by atoms with van der Waals surface area (Å²) in [6.07, 6.45) is 6.51. The minimum Gasteiger partial charge on any atom is -0.383 e. The molecule has 1 aliphatic heterocycles. The summed E-state index contributed by atoms with van der Waals surface area (Å²) in [4.78, 5) is 0. The van der Waals surface area contributed by atoms with Crippen LogP contribution in [0.5, 0.6) is 0 Å². The largest absolute Gasteiger partial charge is 0.383 e. The van der Waals surface area contributed by atoms with Crippen molar-refractivity contribution >= 4 is 0 Å². The number of hydrogen-bond donors (Lipinski definition) is 1. The average Bonchev–Trinajstić information content (AvgIpc) is 2.82. The number of nitrogens with zero attached hydrogens (tertiary/aromatic N) is 2. The molecule has 1 saturated heterocycles. The SMILES string of the molecule is COCCNCC1CCCOC1c1cnn(C)c1. The molecule has 5 heteroatoms. The third-order valence-corrected chi connectivity index (χ3v) is 3.39. The van der Waals surface area contributed by atoms with Gasteiger partial charge in [-0.2, -0.15) is 5.10 Å². The van der Waals surface area contributed by atoms with Gasteiger partial charge in [-0.05, 0) is 12.8 Å². The standard InChI is InChI=1S/C13H23N3O2/c1-16-10-12(9-15-16)13-11(4-3-6-18-13)8-14-5-7-17-2/h9-11,13-14H,3-8H2,1-2H3. The van der Waals surface area contributed by atoms with Gasteiger partial charge < -0.3 is 14.8 Å². The summed E-state index contributed by atoms with van der Waals surface area (Å²) >= 11 is 0. The van der Waals surface area contributed by atoms with E-state index in [1.807, 2.05) is 17.9 Å². The summed E-state index contributed by atoms with van der Waals surface area (Å²) in [5.74, 6) is 0.528. The highest BCUT2D eigenvalue weighted by Crippen LogP contribution is 2.32. The van der Waals surface area contributed by atoms with Crippen molar-refractivity contribution in [1.82, 2.24) is 15.1 Å². The molecule has 1 fully saturated rings. The number of nitrogens with one attached hydrogen (secondary N) is 1. The smallest absolute Gasteiger partial charge is 0.0895 e. The van der Waals surface area contributed by atoms with Crippen molar-refractivity contribution in [2.75, 3.05) is 33.4 Å². The molecule has 2 atom stereocenters. The van der Waals surface area contributed by atoms with Crippen LogP contribution < -0.4 is 5.32 Å². The third kappa shape index (κ3) is 3.54. The van der Waals surface area contributed by atoms with Crippen LogP contribution in [0.25, 0.3) is 0 Å². The van der Waals surface area contributed by atoms with E-state index < -0.39 is 0 Å². The minimum atomic E-state index is 0.183. The zero-order chi connectivity index (χ0) is 12.8. The molecule has 0 amide bonds. The molecule has 0 bridgehead atoms. The van der Waals surface area contributed by atoms with Crippen molar-refractivity contribution in [2.24, 2.45) is 13.0 Å².